The van der Waals surface area contributed by atoms with Gasteiger partial charge in [-0.25, -0.2) is 9.78 Å². The third-order valence-electron chi connectivity index (χ3n) is 4.83. The van der Waals surface area contributed by atoms with Crippen LogP contribution in [0.5, 0.6) is 0 Å². The van der Waals surface area contributed by atoms with E-state index in [0.717, 1.165) is 49.3 Å². The largest absolute Gasteiger partial charge is 0.393 e. The Morgan fingerprint density at radius 3 is 2.81 bits per heavy atom. The molecule has 1 aliphatic rings. The van der Waals surface area contributed by atoms with E-state index in [0.29, 0.717) is 5.92 Å². The molecule has 1 saturated carbocycles. The second-order valence-electron chi connectivity index (χ2n) is 7.37. The number of urea groups is 1. The van der Waals surface area contributed by atoms with E-state index in [1.165, 1.54) is 0 Å². The lowest BCUT2D eigenvalue weighted by atomic mass is 9.93. The number of nitrogens with one attached hydrogen (secondary N) is 2. The third kappa shape index (κ3) is 4.85. The molecule has 0 radical (unpaired) electrons. The zero-order valence-corrected chi connectivity index (χ0v) is 15.5. The molecule has 1 heterocycles. The van der Waals surface area contributed by atoms with Gasteiger partial charge in [0.25, 0.3) is 0 Å². The molecule has 0 unspecified atom stereocenters. The number of aromatic nitrogens is 2. The quantitative estimate of drug-likeness (QED) is 0.767. The van der Waals surface area contributed by atoms with Gasteiger partial charge in [0, 0.05) is 36.6 Å². The highest BCUT2D eigenvalue weighted by atomic mass is 16.3. The van der Waals surface area contributed by atoms with Crippen molar-refractivity contribution in [1.82, 2.24) is 14.9 Å². The van der Waals surface area contributed by atoms with Crippen LogP contribution in [0, 0.1) is 0 Å². The first-order valence-electron chi connectivity index (χ1n) is 9.37. The number of benzene rings is 1. The number of imidazole rings is 1. The highest BCUT2D eigenvalue weighted by Gasteiger charge is 2.20. The maximum atomic E-state index is 12.2. The first kappa shape index (κ1) is 18.5. The summed E-state index contributed by atoms with van der Waals surface area (Å²) in [7, 11) is 0. The van der Waals surface area contributed by atoms with E-state index in [9.17, 15) is 9.90 Å². The van der Waals surface area contributed by atoms with Crippen molar-refractivity contribution in [2.45, 2.75) is 64.1 Å². The molecule has 1 aromatic heterocycles. The van der Waals surface area contributed by atoms with Gasteiger partial charge in [0.15, 0.2) is 0 Å². The highest BCUT2D eigenvalue weighted by molar-refractivity contribution is 5.89. The Kier molecular flexibility index (Phi) is 5.93. The summed E-state index contributed by atoms with van der Waals surface area (Å²) in [5.74, 6) is 1.42. The summed E-state index contributed by atoms with van der Waals surface area (Å²) in [6.07, 6.45) is 6.76. The highest BCUT2D eigenvalue weighted by Crippen LogP contribution is 2.19. The Bertz CT molecular complexity index is 733. The lowest BCUT2D eigenvalue weighted by Crippen LogP contribution is -2.40. The summed E-state index contributed by atoms with van der Waals surface area (Å²) < 4.78 is 2.14. The number of hydrogen-bond acceptors (Lipinski definition) is 3. The van der Waals surface area contributed by atoms with Crippen LogP contribution in [0.2, 0.25) is 0 Å². The number of carbonyl (C=O) groups excluding carboxylic acids is 1. The Hall–Kier alpha value is -2.34. The van der Waals surface area contributed by atoms with Crippen LogP contribution in [-0.4, -0.2) is 32.8 Å². The van der Waals surface area contributed by atoms with Crippen LogP contribution in [0.15, 0.2) is 36.7 Å². The molecule has 2 amide bonds. The molecule has 0 aliphatic heterocycles. The van der Waals surface area contributed by atoms with Crippen molar-refractivity contribution in [2.75, 3.05) is 5.32 Å². The van der Waals surface area contributed by atoms with Gasteiger partial charge in [0.1, 0.15) is 5.82 Å². The Morgan fingerprint density at radius 1 is 1.31 bits per heavy atom. The minimum Gasteiger partial charge on any atom is -0.393 e. The van der Waals surface area contributed by atoms with Crippen LogP contribution in [0.25, 0.3) is 0 Å². The van der Waals surface area contributed by atoms with Crippen molar-refractivity contribution >= 4 is 11.7 Å². The SMILES string of the molecule is CC(C)c1nccn1Cc1cccc(NC(=O)NC2CCC(O)CC2)c1. The van der Waals surface area contributed by atoms with Gasteiger partial charge in [0.05, 0.1) is 6.10 Å². The van der Waals surface area contributed by atoms with Gasteiger partial charge in [-0.1, -0.05) is 26.0 Å². The van der Waals surface area contributed by atoms with Crippen molar-refractivity contribution in [2.24, 2.45) is 0 Å². The number of nitrogens with zero attached hydrogens (tertiary/aromatic N) is 2. The van der Waals surface area contributed by atoms with Gasteiger partial charge in [-0.15, -0.1) is 0 Å². The number of anilines is 1. The molecule has 1 aliphatic carbocycles. The van der Waals surface area contributed by atoms with E-state index in [1.807, 2.05) is 30.6 Å². The topological polar surface area (TPSA) is 79.2 Å². The molecule has 6 nitrogen and oxygen atoms in total. The van der Waals surface area contributed by atoms with Crippen molar-refractivity contribution in [3.8, 4) is 0 Å². The fourth-order valence-electron chi connectivity index (χ4n) is 3.47. The van der Waals surface area contributed by atoms with Gasteiger partial charge in [0.2, 0.25) is 0 Å². The van der Waals surface area contributed by atoms with Gasteiger partial charge in [-0.3, -0.25) is 0 Å². The van der Waals surface area contributed by atoms with E-state index in [-0.39, 0.29) is 18.2 Å². The van der Waals surface area contributed by atoms with Crippen molar-refractivity contribution in [1.29, 1.82) is 0 Å². The molecule has 6 heteroatoms. The summed E-state index contributed by atoms with van der Waals surface area (Å²) in [6, 6.07) is 7.85. The normalized spacial score (nSPS) is 20.2. The Morgan fingerprint density at radius 2 is 2.08 bits per heavy atom. The lowest BCUT2D eigenvalue weighted by molar-refractivity contribution is 0.118. The molecule has 0 saturated heterocycles. The standard InChI is InChI=1S/C20H28N4O2/c1-14(2)19-21-10-11-24(19)13-15-4-3-5-17(12-15)23-20(26)22-16-6-8-18(25)9-7-16/h3-5,10-12,14,16,18,25H,6-9,13H2,1-2H3,(H2,22,23,26). The number of aliphatic hydroxyl groups excluding tert-OH is 1. The van der Waals surface area contributed by atoms with E-state index < -0.39 is 0 Å². The Balaban J connectivity index is 1.58. The third-order valence-corrected chi connectivity index (χ3v) is 4.83. The minimum atomic E-state index is -0.216. The van der Waals surface area contributed by atoms with E-state index in [2.05, 4.69) is 40.1 Å². The maximum Gasteiger partial charge on any atom is 0.319 e. The predicted molar refractivity (Wildman–Crippen MR) is 102 cm³/mol. The number of hydrogen-bond donors (Lipinski definition) is 3. The number of amides is 2. The fourth-order valence-corrected chi connectivity index (χ4v) is 3.47. The molecular formula is C20H28N4O2. The average Bonchev–Trinajstić information content (AvgIpc) is 3.05. The van der Waals surface area contributed by atoms with Crippen LogP contribution in [-0.2, 0) is 6.54 Å². The molecule has 0 bridgehead atoms. The molecule has 0 spiro atoms. The van der Waals surface area contributed by atoms with E-state index in [4.69, 9.17) is 0 Å². The first-order chi connectivity index (χ1) is 12.5. The monoisotopic (exact) mass is 356 g/mol. The summed E-state index contributed by atoms with van der Waals surface area (Å²) in [5, 5.41) is 15.5. The first-order valence-corrected chi connectivity index (χ1v) is 9.37. The summed E-state index contributed by atoms with van der Waals surface area (Å²) >= 11 is 0. The van der Waals surface area contributed by atoms with Crippen LogP contribution in [0.3, 0.4) is 0 Å². The van der Waals surface area contributed by atoms with Crippen molar-refractivity contribution in [3.63, 3.8) is 0 Å². The van der Waals surface area contributed by atoms with Gasteiger partial charge >= 0.3 is 6.03 Å². The molecule has 26 heavy (non-hydrogen) atoms. The van der Waals surface area contributed by atoms with Crippen molar-refractivity contribution in [3.05, 3.63) is 48.0 Å². The molecule has 140 valence electrons. The molecule has 1 aromatic carbocycles. The van der Waals surface area contributed by atoms with Crippen LogP contribution in [0.1, 0.15) is 56.8 Å². The minimum absolute atomic E-state index is 0.140. The van der Waals surface area contributed by atoms with E-state index in [1.54, 1.807) is 0 Å². The van der Waals surface area contributed by atoms with Gasteiger partial charge in [-0.2, -0.15) is 0 Å². The molecule has 1 fully saturated rings. The summed E-state index contributed by atoms with van der Waals surface area (Å²) in [4.78, 5) is 16.7. The van der Waals surface area contributed by atoms with Crippen LogP contribution >= 0.6 is 0 Å². The maximum absolute atomic E-state index is 12.2. The number of carbonyl (C=O) groups is 1. The average molecular weight is 356 g/mol. The zero-order chi connectivity index (χ0) is 18.5. The molecule has 0 atom stereocenters. The predicted octanol–water partition coefficient (Wildman–Crippen LogP) is 3.48. The second kappa shape index (κ2) is 8.36. The molecule has 2 aromatic rings. The Labute approximate surface area is 154 Å². The zero-order valence-electron chi connectivity index (χ0n) is 15.5. The van der Waals surface area contributed by atoms with Crippen molar-refractivity contribution < 1.29 is 9.90 Å². The summed E-state index contributed by atoms with van der Waals surface area (Å²) in [5.41, 5.74) is 1.89. The number of aliphatic hydroxyl groups is 1. The smallest absolute Gasteiger partial charge is 0.319 e. The van der Waals surface area contributed by atoms with E-state index >= 15 is 0 Å². The van der Waals surface area contributed by atoms with Crippen LogP contribution in [0.4, 0.5) is 10.5 Å². The number of rotatable bonds is 5. The van der Waals surface area contributed by atoms with Crippen LogP contribution < -0.4 is 10.6 Å². The fraction of sp³-hybridized carbons (Fsp3) is 0.500. The van der Waals surface area contributed by atoms with Gasteiger partial charge < -0.3 is 20.3 Å². The molecular weight excluding hydrogens is 328 g/mol. The molecule has 3 N–H and O–H groups in total. The molecule has 3 rings (SSSR count). The second-order valence-corrected chi connectivity index (χ2v) is 7.37. The lowest BCUT2D eigenvalue weighted by Gasteiger charge is -2.26. The summed E-state index contributed by atoms with van der Waals surface area (Å²) in [6.45, 7) is 4.99. The van der Waals surface area contributed by atoms with Gasteiger partial charge in [-0.05, 0) is 43.4 Å².